The number of likely N-dealkylation sites (tertiary alicyclic amines) is 1. The van der Waals surface area contributed by atoms with E-state index in [0.29, 0.717) is 6.42 Å². The number of hydrogen-bond acceptors (Lipinski definition) is 2. The standard InChI is InChI=1S/C21H24ClNO2/c1-15-8-9-16(13-19(15)22)10-11-21(24)23-12-4-7-20(23)17-5-3-6-18(14-17)25-2/h3,5-6,8-9,13-14,20H,4,7,10-12H2,1-2H3. The Morgan fingerprint density at radius 1 is 1.28 bits per heavy atom. The summed E-state index contributed by atoms with van der Waals surface area (Å²) in [7, 11) is 1.67. The van der Waals surface area contributed by atoms with Gasteiger partial charge in [0, 0.05) is 18.0 Å². The van der Waals surface area contributed by atoms with Gasteiger partial charge in [0.25, 0.3) is 0 Å². The highest BCUT2D eigenvalue weighted by Gasteiger charge is 2.29. The van der Waals surface area contributed by atoms with Crippen molar-refractivity contribution in [3.05, 3.63) is 64.2 Å². The van der Waals surface area contributed by atoms with Crippen molar-refractivity contribution in [2.75, 3.05) is 13.7 Å². The molecule has 0 saturated carbocycles. The van der Waals surface area contributed by atoms with Gasteiger partial charge in [-0.05, 0) is 61.1 Å². The Morgan fingerprint density at radius 3 is 2.88 bits per heavy atom. The average Bonchev–Trinajstić information content (AvgIpc) is 3.12. The molecule has 1 atom stereocenters. The molecule has 1 saturated heterocycles. The van der Waals surface area contributed by atoms with Gasteiger partial charge in [0.05, 0.1) is 13.2 Å². The van der Waals surface area contributed by atoms with Gasteiger partial charge in [-0.25, -0.2) is 0 Å². The fourth-order valence-corrected chi connectivity index (χ4v) is 3.65. The van der Waals surface area contributed by atoms with Crippen LogP contribution < -0.4 is 4.74 Å². The molecule has 0 bridgehead atoms. The topological polar surface area (TPSA) is 29.5 Å². The number of hydrogen-bond donors (Lipinski definition) is 0. The van der Waals surface area contributed by atoms with E-state index in [1.165, 1.54) is 0 Å². The van der Waals surface area contributed by atoms with E-state index in [4.69, 9.17) is 16.3 Å². The van der Waals surface area contributed by atoms with E-state index in [1.807, 2.05) is 42.2 Å². The molecular formula is C21H24ClNO2. The summed E-state index contributed by atoms with van der Waals surface area (Å²) < 4.78 is 5.32. The summed E-state index contributed by atoms with van der Waals surface area (Å²) in [4.78, 5) is 14.8. The minimum absolute atomic E-state index is 0.157. The molecule has 2 aromatic rings. The van der Waals surface area contributed by atoms with E-state index in [2.05, 4.69) is 12.1 Å². The molecule has 0 aliphatic carbocycles. The first-order valence-corrected chi connectivity index (χ1v) is 9.14. The zero-order chi connectivity index (χ0) is 17.8. The number of benzene rings is 2. The van der Waals surface area contributed by atoms with Crippen LogP contribution in [0.4, 0.5) is 0 Å². The molecular weight excluding hydrogens is 334 g/mol. The SMILES string of the molecule is COc1cccc(C2CCCN2C(=O)CCc2ccc(C)c(Cl)c2)c1. The van der Waals surface area contributed by atoms with E-state index in [1.54, 1.807) is 7.11 Å². The maximum Gasteiger partial charge on any atom is 0.223 e. The largest absolute Gasteiger partial charge is 0.497 e. The molecule has 0 N–H and O–H groups in total. The second kappa shape index (κ2) is 7.92. The van der Waals surface area contributed by atoms with Gasteiger partial charge in [0.1, 0.15) is 5.75 Å². The minimum Gasteiger partial charge on any atom is -0.497 e. The van der Waals surface area contributed by atoms with Crippen molar-refractivity contribution in [3.8, 4) is 5.75 Å². The summed E-state index contributed by atoms with van der Waals surface area (Å²) in [5.74, 6) is 1.05. The van der Waals surface area contributed by atoms with E-state index < -0.39 is 0 Å². The molecule has 1 aliphatic heterocycles. The van der Waals surface area contributed by atoms with E-state index in [9.17, 15) is 4.79 Å². The van der Waals surface area contributed by atoms with Crippen molar-refractivity contribution in [1.29, 1.82) is 0 Å². The van der Waals surface area contributed by atoms with Crippen LogP contribution in [0.25, 0.3) is 0 Å². The van der Waals surface area contributed by atoms with Crippen LogP contribution in [0.15, 0.2) is 42.5 Å². The van der Waals surface area contributed by atoms with E-state index in [-0.39, 0.29) is 11.9 Å². The zero-order valence-electron chi connectivity index (χ0n) is 14.8. The summed E-state index contributed by atoms with van der Waals surface area (Å²) in [6, 6.07) is 14.2. The Labute approximate surface area is 154 Å². The summed E-state index contributed by atoms with van der Waals surface area (Å²) in [6.45, 7) is 2.82. The van der Waals surface area contributed by atoms with Crippen LogP contribution in [0.1, 0.15) is 42.0 Å². The summed E-state index contributed by atoms with van der Waals surface area (Å²) in [6.07, 6.45) is 3.29. The van der Waals surface area contributed by atoms with Crippen LogP contribution in [0.2, 0.25) is 5.02 Å². The van der Waals surface area contributed by atoms with Crippen molar-refractivity contribution < 1.29 is 9.53 Å². The lowest BCUT2D eigenvalue weighted by atomic mass is 10.0. The van der Waals surface area contributed by atoms with Crippen LogP contribution in [0.3, 0.4) is 0 Å². The predicted octanol–water partition coefficient (Wildman–Crippen LogP) is 4.95. The van der Waals surface area contributed by atoms with Crippen molar-refractivity contribution >= 4 is 17.5 Å². The van der Waals surface area contributed by atoms with Crippen LogP contribution in [0.5, 0.6) is 5.75 Å². The van der Waals surface area contributed by atoms with E-state index in [0.717, 1.165) is 53.3 Å². The van der Waals surface area contributed by atoms with Crippen molar-refractivity contribution in [1.82, 2.24) is 4.90 Å². The van der Waals surface area contributed by atoms with Gasteiger partial charge in [0.2, 0.25) is 5.91 Å². The molecule has 3 rings (SSSR count). The number of carbonyl (C=O) groups excluding carboxylic acids is 1. The van der Waals surface area contributed by atoms with Gasteiger partial charge in [-0.3, -0.25) is 4.79 Å². The van der Waals surface area contributed by atoms with Crippen molar-refractivity contribution in [2.45, 2.75) is 38.6 Å². The normalized spacial score (nSPS) is 16.9. The molecule has 0 spiro atoms. The zero-order valence-corrected chi connectivity index (χ0v) is 15.6. The van der Waals surface area contributed by atoms with Crippen molar-refractivity contribution in [2.24, 2.45) is 0 Å². The van der Waals surface area contributed by atoms with Crippen LogP contribution in [-0.4, -0.2) is 24.5 Å². The molecule has 132 valence electrons. The van der Waals surface area contributed by atoms with Gasteiger partial charge in [-0.2, -0.15) is 0 Å². The van der Waals surface area contributed by atoms with E-state index >= 15 is 0 Å². The number of amides is 1. The third-order valence-corrected chi connectivity index (χ3v) is 5.32. The Kier molecular flexibility index (Phi) is 5.64. The van der Waals surface area contributed by atoms with Gasteiger partial charge >= 0.3 is 0 Å². The molecule has 4 heteroatoms. The third kappa shape index (κ3) is 4.16. The fourth-order valence-electron chi connectivity index (χ4n) is 3.45. The molecule has 1 amide bonds. The molecule has 0 radical (unpaired) electrons. The first-order valence-electron chi connectivity index (χ1n) is 8.77. The Morgan fingerprint density at radius 2 is 2.12 bits per heavy atom. The van der Waals surface area contributed by atoms with Crippen LogP contribution >= 0.6 is 11.6 Å². The Hall–Kier alpha value is -2.00. The fraction of sp³-hybridized carbons (Fsp3) is 0.381. The monoisotopic (exact) mass is 357 g/mol. The maximum atomic E-state index is 12.8. The number of methoxy groups -OCH3 is 1. The number of rotatable bonds is 5. The average molecular weight is 358 g/mol. The Balaban J connectivity index is 1.67. The summed E-state index contributed by atoms with van der Waals surface area (Å²) in [5.41, 5.74) is 3.33. The van der Waals surface area contributed by atoms with Gasteiger partial charge < -0.3 is 9.64 Å². The second-order valence-electron chi connectivity index (χ2n) is 6.61. The lowest BCUT2D eigenvalue weighted by Gasteiger charge is -2.25. The molecule has 3 nitrogen and oxygen atoms in total. The Bertz CT molecular complexity index is 759. The highest BCUT2D eigenvalue weighted by atomic mass is 35.5. The van der Waals surface area contributed by atoms with Gasteiger partial charge in [-0.15, -0.1) is 0 Å². The number of nitrogens with zero attached hydrogens (tertiary/aromatic N) is 1. The highest BCUT2D eigenvalue weighted by molar-refractivity contribution is 6.31. The number of halogens is 1. The molecule has 1 unspecified atom stereocenters. The van der Waals surface area contributed by atoms with Crippen LogP contribution in [0, 0.1) is 6.92 Å². The highest BCUT2D eigenvalue weighted by Crippen LogP contribution is 2.34. The van der Waals surface area contributed by atoms with Gasteiger partial charge in [0.15, 0.2) is 0 Å². The smallest absolute Gasteiger partial charge is 0.223 e. The minimum atomic E-state index is 0.157. The first-order chi connectivity index (χ1) is 12.1. The van der Waals surface area contributed by atoms with Gasteiger partial charge in [-0.1, -0.05) is 35.9 Å². The summed E-state index contributed by atoms with van der Waals surface area (Å²) >= 11 is 6.18. The lowest BCUT2D eigenvalue weighted by molar-refractivity contribution is -0.132. The molecule has 1 fully saturated rings. The maximum absolute atomic E-state index is 12.8. The first kappa shape index (κ1) is 17.8. The molecule has 1 aliphatic rings. The van der Waals surface area contributed by atoms with Crippen LogP contribution in [-0.2, 0) is 11.2 Å². The number of ether oxygens (including phenoxy) is 1. The van der Waals surface area contributed by atoms with Crippen molar-refractivity contribution in [3.63, 3.8) is 0 Å². The third-order valence-electron chi connectivity index (χ3n) is 4.92. The molecule has 0 aromatic heterocycles. The molecule has 1 heterocycles. The quantitative estimate of drug-likeness (QED) is 0.757. The summed E-state index contributed by atoms with van der Waals surface area (Å²) in [5, 5.41) is 0.764. The molecule has 2 aromatic carbocycles. The molecule has 25 heavy (non-hydrogen) atoms. The number of carbonyl (C=O) groups is 1. The lowest BCUT2D eigenvalue weighted by Crippen LogP contribution is -2.30. The second-order valence-corrected chi connectivity index (χ2v) is 7.01. The number of aryl methyl sites for hydroxylation is 2. The predicted molar refractivity (Wildman–Crippen MR) is 101 cm³/mol.